The molecule has 1 saturated heterocycles. The van der Waals surface area contributed by atoms with Gasteiger partial charge in [0.2, 0.25) is 53.2 Å². The lowest BCUT2D eigenvalue weighted by Crippen LogP contribution is -2.62. The number of phenolic OH excluding ortho intramolecular Hbond substituents is 1. The Kier molecular flexibility index (Phi) is 23.9. The normalized spacial score (nSPS) is 23.4. The lowest BCUT2D eigenvalue weighted by Gasteiger charge is -2.37. The van der Waals surface area contributed by atoms with Gasteiger partial charge in [-0.25, -0.2) is 8.78 Å². The fourth-order valence-corrected chi connectivity index (χ4v) is 12.5. The number of nitrogens with zero attached hydrogens (tertiary/aromatic N) is 2. The Hall–Kier alpha value is -11.1. The largest absolute Gasteiger partial charge is 0.508 e. The molecule has 27 nitrogen and oxygen atoms in total. The maximum Gasteiger partial charge on any atom is 0.305 e. The Morgan fingerprint density at radius 2 is 1.31 bits per heavy atom. The molecule has 2 bridgehead atoms. The predicted molar refractivity (Wildman–Crippen MR) is 355 cm³/mol. The minimum Gasteiger partial charge on any atom is -0.508 e. The van der Waals surface area contributed by atoms with Gasteiger partial charge in [0.05, 0.1) is 25.6 Å². The lowest BCUT2D eigenvalue weighted by molar-refractivity contribution is -0.147. The fourth-order valence-electron chi connectivity index (χ4n) is 12.5. The van der Waals surface area contributed by atoms with E-state index in [9.17, 15) is 62.1 Å². The lowest BCUT2D eigenvalue weighted by atomic mass is 9.89. The number of primary amides is 1. The molecular weight excluding hydrogens is 1290 g/mol. The molecule has 8 atom stereocenters. The highest BCUT2D eigenvalue weighted by Crippen LogP contribution is 2.32. The molecule has 4 aliphatic heterocycles. The average molecular weight is 1370 g/mol. The number of benzene rings is 4. The topological polar surface area (TPSA) is 412 Å². The Bertz CT molecular complexity index is 4130. The van der Waals surface area contributed by atoms with Gasteiger partial charge < -0.3 is 77.6 Å². The monoisotopic (exact) mass is 1360 g/mol. The van der Waals surface area contributed by atoms with Gasteiger partial charge in [-0.05, 0) is 128 Å². The molecule has 6 heterocycles. The number of aliphatic carboxylic acids is 1. The van der Waals surface area contributed by atoms with Gasteiger partial charge in [-0.3, -0.25) is 57.7 Å². The van der Waals surface area contributed by atoms with Crippen molar-refractivity contribution in [1.29, 1.82) is 0 Å². The molecule has 522 valence electrons. The molecule has 0 spiro atoms. The number of nitrogens with one attached hydrogen (secondary N) is 9. The van der Waals surface area contributed by atoms with Crippen molar-refractivity contribution in [2.75, 3.05) is 26.2 Å². The Labute approximate surface area is 566 Å². The Balaban J connectivity index is 1.06. The number of carbonyl (C=O) groups excluding carboxylic acids is 11. The third-order valence-corrected chi connectivity index (χ3v) is 17.9. The van der Waals surface area contributed by atoms with E-state index in [1.54, 1.807) is 30.5 Å². The summed E-state index contributed by atoms with van der Waals surface area (Å²) in [5.74, 6) is -14.3. The highest BCUT2D eigenvalue weighted by atomic mass is 19.1. The number of aromatic nitrogens is 2. The summed E-state index contributed by atoms with van der Waals surface area (Å²) in [6, 6.07) is 11.7. The number of rotatable bonds is 13. The summed E-state index contributed by atoms with van der Waals surface area (Å²) in [5.41, 5.74) is 7.19. The third-order valence-electron chi connectivity index (χ3n) is 17.9. The molecule has 2 aromatic heterocycles. The number of aromatic hydroxyl groups is 1. The van der Waals surface area contributed by atoms with Gasteiger partial charge in [-0.2, -0.15) is 0 Å². The first-order chi connectivity index (χ1) is 47.3. The number of amides is 9. The second-order valence-electron chi connectivity index (χ2n) is 25.3. The van der Waals surface area contributed by atoms with Gasteiger partial charge in [-0.15, -0.1) is 0 Å². The number of aliphatic imine (C=N–C) groups is 1. The van der Waals surface area contributed by atoms with Gasteiger partial charge in [-0.1, -0.05) is 24.3 Å². The van der Waals surface area contributed by atoms with Crippen LogP contribution in [0.15, 0.2) is 114 Å². The minimum absolute atomic E-state index is 0.0125. The van der Waals surface area contributed by atoms with Crippen LogP contribution >= 0.6 is 0 Å². The molecule has 1 fully saturated rings. The van der Waals surface area contributed by atoms with E-state index in [1.807, 2.05) is 0 Å². The highest BCUT2D eigenvalue weighted by Gasteiger charge is 2.49. The van der Waals surface area contributed by atoms with Crippen molar-refractivity contribution in [3.8, 4) is 11.5 Å². The number of carbonyl (C=O) groups is 12. The van der Waals surface area contributed by atoms with Gasteiger partial charge in [0.1, 0.15) is 65.2 Å². The number of carboxylic acids is 1. The number of allylic oxidation sites excluding steroid dienone is 1. The number of halogens is 2. The third kappa shape index (κ3) is 19.3. The van der Waals surface area contributed by atoms with E-state index in [4.69, 9.17) is 10.5 Å². The summed E-state index contributed by atoms with van der Waals surface area (Å²) >= 11 is 0. The number of aromatic amines is 2. The summed E-state index contributed by atoms with van der Waals surface area (Å²) in [7, 11) is 0. The zero-order valence-electron chi connectivity index (χ0n) is 54.4. The smallest absolute Gasteiger partial charge is 0.305 e. The summed E-state index contributed by atoms with van der Waals surface area (Å²) in [5, 5.41) is 39.5. The molecule has 99 heavy (non-hydrogen) atoms. The molecule has 0 radical (unpaired) electrons. The first kappa shape index (κ1) is 72.1. The summed E-state index contributed by atoms with van der Waals surface area (Å²) in [6.07, 6.45) is 2.71. The highest BCUT2D eigenvalue weighted by molar-refractivity contribution is 6.01. The van der Waals surface area contributed by atoms with Crippen molar-refractivity contribution < 1.29 is 81.3 Å². The number of hydrogen-bond donors (Lipinski definition) is 12. The molecule has 9 amide bonds. The quantitative estimate of drug-likeness (QED) is 0.0740. The molecule has 6 aromatic rings. The van der Waals surface area contributed by atoms with Crippen LogP contribution in [-0.4, -0.2) is 164 Å². The van der Waals surface area contributed by atoms with Crippen LogP contribution in [-0.2, 0) is 83.2 Å². The van der Waals surface area contributed by atoms with Crippen molar-refractivity contribution in [2.24, 2.45) is 22.6 Å². The van der Waals surface area contributed by atoms with Crippen LogP contribution in [0.5, 0.6) is 11.5 Å². The molecule has 4 aliphatic rings. The average Bonchev–Trinajstić information content (AvgIpc) is 1.68. The zero-order valence-corrected chi connectivity index (χ0v) is 54.4. The van der Waals surface area contributed by atoms with Crippen molar-refractivity contribution in [3.05, 3.63) is 143 Å². The standard InChI is InChI=1S/C70H78F2N12O15/c1-38(85)24-42-8-17-60(88)75-21-23-99-49-13-6-40(7-14-49)26-55(63(73)92)83-69(98)70(2)19-3-22-84(70)68(97)58(27-39-4-11-48(86)12-5-39)82-65(94)43(25-41-18-20-74-34-41)30-59(87)54(33-62(90)91)80-67(96)57(29-45-36-77-53-16-10-47(72)32-51(45)53)81-66(95)56(79-61(89)37-78-64(42)93)28-44-35-76-52-15-9-46(71)31-50(44)52/h4-7,9-16,20,31-32,34-36,42-43,54-58,76-77,86H,3,8,17-19,21-30,33,37H2,1-2H3,(H2,73,92)(H,75,88)(H,78,93)(H,79,89)(H,80,96)(H,81,95)(H,82,94)(H,83,98)(H,90,91)/t42-,43+,54-,55-,56-,57-,58-,70-/m0/s1. The van der Waals surface area contributed by atoms with Crippen molar-refractivity contribution in [3.63, 3.8) is 0 Å². The summed E-state index contributed by atoms with van der Waals surface area (Å²) in [6.45, 7) is 1.98. The number of fused-ring (bicyclic) bond motifs is 33. The summed E-state index contributed by atoms with van der Waals surface area (Å²) < 4.78 is 35.6. The number of H-pyrrole nitrogens is 2. The van der Waals surface area contributed by atoms with Crippen LogP contribution in [0.25, 0.3) is 21.8 Å². The van der Waals surface area contributed by atoms with Gasteiger partial charge in [0.25, 0.3) is 0 Å². The molecule has 0 saturated carbocycles. The Morgan fingerprint density at radius 3 is 1.92 bits per heavy atom. The molecule has 13 N–H and O–H groups in total. The molecule has 0 unspecified atom stereocenters. The van der Waals surface area contributed by atoms with Crippen LogP contribution in [0.1, 0.15) is 93.9 Å². The van der Waals surface area contributed by atoms with Crippen LogP contribution in [0, 0.1) is 23.5 Å². The SMILES string of the molecule is CC(=O)C[C@@H]1CCC(=O)NCCOc2ccc(cc2)C[C@@H](C(N)=O)NC(=O)[C@]2(C)CCCN2C(=O)[C@H](Cc2ccc(O)cc2)NC(=O)[C@H](CC2=CN=CC2)CC(=O)[C@H](CC(=O)O)NC(=O)[C@H](Cc2c[nH]c3ccc(F)cc23)NC(=O)[C@H](Cc2c[nH]c3ccc(F)cc23)NC(=O)CNC1=O. The molecular formula is C70H78F2N12O15. The molecule has 29 heteroatoms. The first-order valence-electron chi connectivity index (χ1n) is 32.4. The van der Waals surface area contributed by atoms with Crippen molar-refractivity contribution >= 4 is 98.7 Å². The number of nitrogens with two attached hydrogens (primary N) is 1. The molecule has 10 rings (SSSR count). The van der Waals surface area contributed by atoms with Crippen LogP contribution in [0.3, 0.4) is 0 Å². The van der Waals surface area contributed by atoms with E-state index < -0.39 is 162 Å². The van der Waals surface area contributed by atoms with Crippen LogP contribution < -0.4 is 47.7 Å². The van der Waals surface area contributed by atoms with Gasteiger partial charge in [0, 0.05) is 116 Å². The van der Waals surface area contributed by atoms with E-state index in [0.29, 0.717) is 50.9 Å². The minimum atomic E-state index is -1.93. The second kappa shape index (κ2) is 32.7. The van der Waals surface area contributed by atoms with Crippen molar-refractivity contribution in [2.45, 2.75) is 133 Å². The second-order valence-corrected chi connectivity index (χ2v) is 25.3. The maximum absolute atomic E-state index is 15.2. The fraction of sp³-hybridized carbons (Fsp3) is 0.386. The van der Waals surface area contributed by atoms with Crippen LogP contribution in [0.4, 0.5) is 8.78 Å². The predicted octanol–water partition coefficient (Wildman–Crippen LogP) is 2.99. The number of phenols is 1. The van der Waals surface area contributed by atoms with E-state index in [0.717, 1.165) is 6.07 Å². The maximum atomic E-state index is 15.2. The number of Topliss-reactive ketones (excluding diaryl/α,β-unsaturated/α-hetero) is 2. The van der Waals surface area contributed by atoms with Crippen molar-refractivity contribution in [1.82, 2.24) is 52.1 Å². The summed E-state index contributed by atoms with van der Waals surface area (Å²) in [4.78, 5) is 180. The van der Waals surface area contributed by atoms with Gasteiger partial charge in [0.15, 0.2) is 5.78 Å². The van der Waals surface area contributed by atoms with E-state index in [1.165, 1.54) is 91.9 Å². The number of ketones is 2. The van der Waals surface area contributed by atoms with Gasteiger partial charge >= 0.3 is 5.97 Å². The number of carboxylic acid groups (broad SMARTS) is 1. The van der Waals surface area contributed by atoms with Crippen LogP contribution in [0.2, 0.25) is 0 Å². The molecule has 0 aliphatic carbocycles. The van der Waals surface area contributed by atoms with E-state index in [-0.39, 0.29) is 87.8 Å². The molecule has 4 aromatic carbocycles. The first-order valence-corrected chi connectivity index (χ1v) is 32.4. The zero-order chi connectivity index (χ0) is 71.1. The number of ether oxygens (including phenoxy) is 1. The Morgan fingerprint density at radius 1 is 0.687 bits per heavy atom. The van der Waals surface area contributed by atoms with E-state index in [2.05, 4.69) is 52.2 Å². The van der Waals surface area contributed by atoms with E-state index >= 15 is 14.4 Å². The number of hydrogen-bond acceptors (Lipinski definition) is 15.